The van der Waals surface area contributed by atoms with Crippen molar-refractivity contribution in [1.82, 2.24) is 10.2 Å². The first kappa shape index (κ1) is 17.4. The van der Waals surface area contributed by atoms with Crippen molar-refractivity contribution in [2.45, 2.75) is 63.5 Å². The van der Waals surface area contributed by atoms with Gasteiger partial charge in [0, 0.05) is 43.1 Å². The molecule has 1 saturated heterocycles. The molecule has 21 heavy (non-hydrogen) atoms. The van der Waals surface area contributed by atoms with Crippen LogP contribution in [0.1, 0.15) is 51.4 Å². The largest absolute Gasteiger partial charge is 0.339 e. The number of amides is 1. The van der Waals surface area contributed by atoms with E-state index in [1.807, 2.05) is 11.8 Å². The second kappa shape index (κ2) is 8.64. The summed E-state index contributed by atoms with van der Waals surface area (Å²) in [5.41, 5.74) is 0. The number of rotatable bonds is 5. The summed E-state index contributed by atoms with van der Waals surface area (Å²) in [5.74, 6) is 3.53. The van der Waals surface area contributed by atoms with Gasteiger partial charge < -0.3 is 10.2 Å². The highest BCUT2D eigenvalue weighted by Gasteiger charge is 2.32. The second-order valence-electron chi connectivity index (χ2n) is 6.71. The molecule has 0 aromatic rings. The normalized spacial score (nSPS) is 27.0. The third kappa shape index (κ3) is 5.33. The van der Waals surface area contributed by atoms with Crippen LogP contribution >= 0.6 is 24.2 Å². The molecular formula is C16H29ClN2OS. The van der Waals surface area contributed by atoms with E-state index in [1.165, 1.54) is 50.7 Å². The number of hydrogen-bond donors (Lipinski definition) is 1. The fourth-order valence-corrected chi connectivity index (χ4v) is 4.45. The molecule has 2 saturated carbocycles. The molecule has 122 valence electrons. The highest BCUT2D eigenvalue weighted by atomic mass is 35.5. The Labute approximate surface area is 139 Å². The molecular weight excluding hydrogens is 304 g/mol. The summed E-state index contributed by atoms with van der Waals surface area (Å²) >= 11 is 1.99. The van der Waals surface area contributed by atoms with Crippen LogP contribution in [0.25, 0.3) is 0 Å². The number of halogens is 1. The summed E-state index contributed by atoms with van der Waals surface area (Å²) < 4.78 is 0. The molecule has 0 spiro atoms. The zero-order valence-electron chi connectivity index (χ0n) is 12.9. The van der Waals surface area contributed by atoms with Gasteiger partial charge in [-0.25, -0.2) is 0 Å². The fraction of sp³-hybridized carbons (Fsp3) is 0.938. The zero-order chi connectivity index (χ0) is 13.8. The van der Waals surface area contributed by atoms with Crippen LogP contribution in [0.4, 0.5) is 0 Å². The standard InChI is InChI=1S/C16H28N2OS.ClH/c19-16(10-14-12-20-9-8-17-14)18(11-13-6-7-13)15-4-2-1-3-5-15;/h13-15,17H,1-12H2;1H. The molecule has 0 bridgehead atoms. The maximum atomic E-state index is 12.8. The Morgan fingerprint density at radius 2 is 1.90 bits per heavy atom. The molecule has 1 heterocycles. The molecule has 1 N–H and O–H groups in total. The van der Waals surface area contributed by atoms with Crippen molar-refractivity contribution >= 4 is 30.1 Å². The Morgan fingerprint density at radius 3 is 2.52 bits per heavy atom. The minimum Gasteiger partial charge on any atom is -0.339 e. The summed E-state index contributed by atoms with van der Waals surface area (Å²) in [6, 6.07) is 0.958. The number of thioether (sulfide) groups is 1. The van der Waals surface area contributed by atoms with Crippen LogP contribution in [0.3, 0.4) is 0 Å². The van der Waals surface area contributed by atoms with E-state index in [9.17, 15) is 4.79 Å². The van der Waals surface area contributed by atoms with Crippen molar-refractivity contribution in [2.75, 3.05) is 24.6 Å². The number of carbonyl (C=O) groups is 1. The average Bonchev–Trinajstić information content (AvgIpc) is 3.31. The molecule has 3 nitrogen and oxygen atoms in total. The second-order valence-corrected chi connectivity index (χ2v) is 7.86. The van der Waals surface area contributed by atoms with Gasteiger partial charge in [-0.2, -0.15) is 11.8 Å². The highest BCUT2D eigenvalue weighted by molar-refractivity contribution is 7.99. The van der Waals surface area contributed by atoms with Gasteiger partial charge in [-0.1, -0.05) is 19.3 Å². The Bertz CT molecular complexity index is 326. The molecule has 0 aromatic carbocycles. The van der Waals surface area contributed by atoms with Crippen LogP contribution in [0, 0.1) is 5.92 Å². The third-order valence-electron chi connectivity index (χ3n) is 4.91. The number of nitrogens with one attached hydrogen (secondary N) is 1. The van der Waals surface area contributed by atoms with Crippen LogP contribution < -0.4 is 5.32 Å². The first-order valence-electron chi connectivity index (χ1n) is 8.43. The third-order valence-corrected chi connectivity index (χ3v) is 6.04. The summed E-state index contributed by atoms with van der Waals surface area (Å²) in [6.07, 6.45) is 9.88. The minimum absolute atomic E-state index is 0. The molecule has 5 heteroatoms. The molecule has 1 atom stereocenters. The van der Waals surface area contributed by atoms with Crippen molar-refractivity contribution in [3.63, 3.8) is 0 Å². The summed E-state index contributed by atoms with van der Waals surface area (Å²) in [4.78, 5) is 15.0. The van der Waals surface area contributed by atoms with E-state index >= 15 is 0 Å². The van der Waals surface area contributed by atoms with Gasteiger partial charge in [0.1, 0.15) is 0 Å². The monoisotopic (exact) mass is 332 g/mol. The van der Waals surface area contributed by atoms with E-state index in [0.29, 0.717) is 18.0 Å². The molecule has 3 rings (SSSR count). The van der Waals surface area contributed by atoms with Crippen molar-refractivity contribution in [3.8, 4) is 0 Å². The van der Waals surface area contributed by atoms with Crippen LogP contribution in [0.2, 0.25) is 0 Å². The number of hydrogen-bond acceptors (Lipinski definition) is 3. The van der Waals surface area contributed by atoms with Gasteiger partial charge in [-0.3, -0.25) is 4.79 Å². The van der Waals surface area contributed by atoms with Gasteiger partial charge in [-0.05, 0) is 31.6 Å². The van der Waals surface area contributed by atoms with E-state index in [-0.39, 0.29) is 12.4 Å². The predicted octanol–water partition coefficient (Wildman–Crippen LogP) is 3.07. The zero-order valence-corrected chi connectivity index (χ0v) is 14.5. The van der Waals surface area contributed by atoms with Gasteiger partial charge in [0.05, 0.1) is 0 Å². The van der Waals surface area contributed by atoms with E-state index in [0.717, 1.165) is 31.2 Å². The first-order valence-corrected chi connectivity index (χ1v) is 9.59. The summed E-state index contributed by atoms with van der Waals surface area (Å²) in [7, 11) is 0. The molecule has 0 aromatic heterocycles. The maximum absolute atomic E-state index is 12.8. The topological polar surface area (TPSA) is 32.3 Å². The quantitative estimate of drug-likeness (QED) is 0.839. The summed E-state index contributed by atoms with van der Waals surface area (Å²) in [6.45, 7) is 2.11. The smallest absolute Gasteiger partial charge is 0.224 e. The lowest BCUT2D eigenvalue weighted by molar-refractivity contribution is -0.135. The highest BCUT2D eigenvalue weighted by Crippen LogP contribution is 2.33. The number of carbonyl (C=O) groups excluding carboxylic acids is 1. The van der Waals surface area contributed by atoms with Crippen LogP contribution in [0.5, 0.6) is 0 Å². The van der Waals surface area contributed by atoms with Crippen LogP contribution in [-0.4, -0.2) is 47.5 Å². The molecule has 1 aliphatic heterocycles. The predicted molar refractivity (Wildman–Crippen MR) is 92.3 cm³/mol. The Hall–Kier alpha value is 0.0700. The maximum Gasteiger partial charge on any atom is 0.224 e. The number of nitrogens with zero attached hydrogens (tertiary/aromatic N) is 1. The van der Waals surface area contributed by atoms with Crippen molar-refractivity contribution in [2.24, 2.45) is 5.92 Å². The molecule has 3 fully saturated rings. The molecule has 0 radical (unpaired) electrons. The molecule has 2 aliphatic carbocycles. The summed E-state index contributed by atoms with van der Waals surface area (Å²) in [5, 5.41) is 3.51. The van der Waals surface area contributed by atoms with Gasteiger partial charge in [-0.15, -0.1) is 12.4 Å². The SMILES string of the molecule is Cl.O=C(CC1CSCCN1)N(CC1CC1)C1CCCCC1. The lowest BCUT2D eigenvalue weighted by Crippen LogP contribution is -2.47. The fourth-order valence-electron chi connectivity index (χ4n) is 3.50. The average molecular weight is 333 g/mol. The lowest BCUT2D eigenvalue weighted by atomic mass is 9.93. The van der Waals surface area contributed by atoms with E-state index < -0.39 is 0 Å². The molecule has 1 unspecified atom stereocenters. The van der Waals surface area contributed by atoms with E-state index in [2.05, 4.69) is 10.2 Å². The van der Waals surface area contributed by atoms with Crippen molar-refractivity contribution in [1.29, 1.82) is 0 Å². The lowest BCUT2D eigenvalue weighted by Gasteiger charge is -2.36. The van der Waals surface area contributed by atoms with E-state index in [1.54, 1.807) is 0 Å². The van der Waals surface area contributed by atoms with Crippen LogP contribution in [0.15, 0.2) is 0 Å². The van der Waals surface area contributed by atoms with Gasteiger partial charge in [0.15, 0.2) is 0 Å². The van der Waals surface area contributed by atoms with Gasteiger partial charge in [0.25, 0.3) is 0 Å². The van der Waals surface area contributed by atoms with Crippen molar-refractivity contribution in [3.05, 3.63) is 0 Å². The minimum atomic E-state index is 0. The Morgan fingerprint density at radius 1 is 1.14 bits per heavy atom. The van der Waals surface area contributed by atoms with Gasteiger partial charge >= 0.3 is 0 Å². The van der Waals surface area contributed by atoms with Gasteiger partial charge in [0.2, 0.25) is 5.91 Å². The Kier molecular flexibility index (Phi) is 7.17. The molecule has 3 aliphatic rings. The van der Waals surface area contributed by atoms with Crippen LogP contribution in [-0.2, 0) is 4.79 Å². The van der Waals surface area contributed by atoms with E-state index in [4.69, 9.17) is 0 Å². The Balaban J connectivity index is 0.00000161. The molecule has 1 amide bonds. The first-order chi connectivity index (χ1) is 9.83. The van der Waals surface area contributed by atoms with Crippen molar-refractivity contribution < 1.29 is 4.79 Å².